The molecule has 0 aromatic carbocycles. The van der Waals surface area contributed by atoms with Gasteiger partial charge in [0.05, 0.1) is 0 Å². The molecule has 1 N–H and O–H groups in total. The van der Waals surface area contributed by atoms with Crippen molar-refractivity contribution in [3.05, 3.63) is 24.3 Å². The number of unbranched alkanes of at least 4 members (excludes halogenated alkanes) is 3. The Morgan fingerprint density at radius 3 is 2.67 bits per heavy atom. The van der Waals surface area contributed by atoms with Gasteiger partial charge in [0.1, 0.15) is 5.78 Å². The number of Topliss-reactive ketones (excluding diaryl/α,β-unsaturated/α-hetero) is 1. The molecule has 0 radical (unpaired) electrons. The zero-order valence-electron chi connectivity index (χ0n) is 14.7. The van der Waals surface area contributed by atoms with Crippen LogP contribution in [-0.2, 0) is 14.4 Å². The fraction of sp³-hybridized carbons (Fsp3) is 0.650. The summed E-state index contributed by atoms with van der Waals surface area (Å²) in [6.07, 6.45) is 14.9. The van der Waals surface area contributed by atoms with Gasteiger partial charge in [-0.05, 0) is 44.1 Å². The van der Waals surface area contributed by atoms with Crippen LogP contribution in [0.25, 0.3) is 0 Å². The molecule has 1 aliphatic rings. The lowest BCUT2D eigenvalue weighted by Crippen LogP contribution is -2.12. The second kappa shape index (κ2) is 11.8. The Labute approximate surface area is 145 Å². The summed E-state index contributed by atoms with van der Waals surface area (Å²) in [6.45, 7) is 2.12. The highest BCUT2D eigenvalue weighted by Gasteiger charge is 2.31. The predicted octanol–water partition coefficient (Wildman–Crippen LogP) is 4.49. The van der Waals surface area contributed by atoms with Crippen molar-refractivity contribution in [3.63, 3.8) is 0 Å². The second-order valence-corrected chi connectivity index (χ2v) is 6.55. The van der Waals surface area contributed by atoms with Crippen molar-refractivity contribution in [2.75, 3.05) is 0 Å². The fourth-order valence-corrected chi connectivity index (χ4v) is 3.07. The van der Waals surface area contributed by atoms with E-state index in [2.05, 4.69) is 6.92 Å². The average Bonchev–Trinajstić information content (AvgIpc) is 2.89. The molecule has 0 bridgehead atoms. The van der Waals surface area contributed by atoms with Crippen molar-refractivity contribution in [2.24, 2.45) is 11.8 Å². The molecule has 24 heavy (non-hydrogen) atoms. The summed E-state index contributed by atoms with van der Waals surface area (Å²) in [5.74, 6) is -0.205. The Balaban J connectivity index is 2.38. The number of rotatable bonds is 12. The van der Waals surface area contributed by atoms with Crippen molar-refractivity contribution >= 4 is 17.5 Å². The van der Waals surface area contributed by atoms with Gasteiger partial charge < -0.3 is 5.11 Å². The van der Waals surface area contributed by atoms with E-state index in [1.54, 1.807) is 6.08 Å². The van der Waals surface area contributed by atoms with Crippen LogP contribution in [0, 0.1) is 11.8 Å². The van der Waals surface area contributed by atoms with Crippen molar-refractivity contribution in [1.29, 1.82) is 0 Å². The molecule has 0 aromatic rings. The standard InChI is InChI=1S/C20H30O4/c1-2-3-6-9-17(21)14-12-16-13-15-19(22)18(16)10-7-4-5-8-11-20(23)24/h4,7,12,14,16,18H,2-3,5-6,8-11,13,15H2,1H3,(H,23,24)/b7-4+,14-12+. The van der Waals surface area contributed by atoms with Gasteiger partial charge in [0.2, 0.25) is 0 Å². The maximum Gasteiger partial charge on any atom is 0.303 e. The van der Waals surface area contributed by atoms with E-state index in [-0.39, 0.29) is 29.8 Å². The predicted molar refractivity (Wildman–Crippen MR) is 94.8 cm³/mol. The number of carboxylic acids is 1. The van der Waals surface area contributed by atoms with Crippen molar-refractivity contribution in [1.82, 2.24) is 0 Å². The van der Waals surface area contributed by atoms with Crippen LogP contribution < -0.4 is 0 Å². The van der Waals surface area contributed by atoms with Gasteiger partial charge >= 0.3 is 5.97 Å². The first-order chi connectivity index (χ1) is 11.5. The quantitative estimate of drug-likeness (QED) is 0.324. The first kappa shape index (κ1) is 20.3. The van der Waals surface area contributed by atoms with Crippen LogP contribution in [-0.4, -0.2) is 22.6 Å². The molecular formula is C20H30O4. The molecular weight excluding hydrogens is 304 g/mol. The zero-order valence-corrected chi connectivity index (χ0v) is 14.7. The van der Waals surface area contributed by atoms with Gasteiger partial charge in [0, 0.05) is 25.2 Å². The molecule has 1 rings (SSSR count). The highest BCUT2D eigenvalue weighted by atomic mass is 16.4. The first-order valence-corrected chi connectivity index (χ1v) is 9.15. The maximum atomic E-state index is 12.0. The monoisotopic (exact) mass is 334 g/mol. The van der Waals surface area contributed by atoms with E-state index in [4.69, 9.17) is 5.11 Å². The topological polar surface area (TPSA) is 71.4 Å². The number of aliphatic carboxylic acids is 1. The maximum absolute atomic E-state index is 12.0. The van der Waals surface area contributed by atoms with Gasteiger partial charge in [0.25, 0.3) is 0 Å². The van der Waals surface area contributed by atoms with E-state index < -0.39 is 5.97 Å². The minimum absolute atomic E-state index is 0.0274. The molecule has 0 heterocycles. The van der Waals surface area contributed by atoms with Crippen LogP contribution in [0.1, 0.15) is 71.1 Å². The fourth-order valence-electron chi connectivity index (χ4n) is 3.07. The van der Waals surface area contributed by atoms with E-state index in [9.17, 15) is 14.4 Å². The van der Waals surface area contributed by atoms with Gasteiger partial charge in [-0.15, -0.1) is 0 Å². The summed E-state index contributed by atoms with van der Waals surface area (Å²) >= 11 is 0. The Bertz CT molecular complexity index is 476. The molecule has 2 atom stereocenters. The molecule has 4 nitrogen and oxygen atoms in total. The molecule has 4 heteroatoms. The van der Waals surface area contributed by atoms with Gasteiger partial charge in [-0.2, -0.15) is 0 Å². The van der Waals surface area contributed by atoms with E-state index in [1.165, 1.54) is 0 Å². The minimum Gasteiger partial charge on any atom is -0.481 e. The summed E-state index contributed by atoms with van der Waals surface area (Å²) in [5.41, 5.74) is 0. The largest absolute Gasteiger partial charge is 0.481 e. The van der Waals surface area contributed by atoms with Crippen molar-refractivity contribution in [3.8, 4) is 0 Å². The molecule has 0 saturated heterocycles. The van der Waals surface area contributed by atoms with Crippen molar-refractivity contribution < 1.29 is 19.5 Å². The number of hydrogen-bond acceptors (Lipinski definition) is 3. The van der Waals surface area contributed by atoms with Crippen LogP contribution in [0.5, 0.6) is 0 Å². The third-order valence-corrected chi connectivity index (χ3v) is 4.53. The van der Waals surface area contributed by atoms with Gasteiger partial charge in [-0.3, -0.25) is 14.4 Å². The number of carbonyl (C=O) groups is 3. The summed E-state index contributed by atoms with van der Waals surface area (Å²) in [5, 5.41) is 8.58. The molecule has 0 aromatic heterocycles. The van der Waals surface area contributed by atoms with E-state index in [1.807, 2.05) is 18.2 Å². The smallest absolute Gasteiger partial charge is 0.303 e. The van der Waals surface area contributed by atoms with Gasteiger partial charge in [0.15, 0.2) is 5.78 Å². The third-order valence-electron chi connectivity index (χ3n) is 4.53. The SMILES string of the molecule is CCCCCC(=O)/C=C/C1CCC(=O)C1C/C=C/CCCC(=O)O. The first-order valence-electron chi connectivity index (χ1n) is 9.15. The number of allylic oxidation sites excluding steroid dienone is 4. The normalized spacial score (nSPS) is 21.1. The van der Waals surface area contributed by atoms with E-state index in [0.29, 0.717) is 25.7 Å². The van der Waals surface area contributed by atoms with Crippen LogP contribution >= 0.6 is 0 Å². The van der Waals surface area contributed by atoms with Crippen LogP contribution in [0.15, 0.2) is 24.3 Å². The Morgan fingerprint density at radius 1 is 1.17 bits per heavy atom. The number of carboxylic acid groups (broad SMARTS) is 1. The number of carbonyl (C=O) groups excluding carboxylic acids is 2. The highest BCUT2D eigenvalue weighted by molar-refractivity contribution is 5.90. The Kier molecular flexibility index (Phi) is 9.97. The molecule has 0 amide bonds. The van der Waals surface area contributed by atoms with Gasteiger partial charge in [-0.25, -0.2) is 0 Å². The average molecular weight is 334 g/mol. The Morgan fingerprint density at radius 2 is 1.96 bits per heavy atom. The minimum atomic E-state index is -0.775. The number of hydrogen-bond donors (Lipinski definition) is 1. The van der Waals surface area contributed by atoms with Crippen LogP contribution in [0.3, 0.4) is 0 Å². The van der Waals surface area contributed by atoms with Gasteiger partial charge in [-0.1, -0.05) is 38.0 Å². The summed E-state index contributed by atoms with van der Waals surface area (Å²) in [4.78, 5) is 34.3. The Hall–Kier alpha value is -1.71. The van der Waals surface area contributed by atoms with Crippen LogP contribution in [0.2, 0.25) is 0 Å². The molecule has 1 aliphatic carbocycles. The van der Waals surface area contributed by atoms with E-state index in [0.717, 1.165) is 32.1 Å². The molecule has 0 aliphatic heterocycles. The summed E-state index contributed by atoms with van der Waals surface area (Å²) in [7, 11) is 0. The lowest BCUT2D eigenvalue weighted by molar-refractivity contribution is -0.137. The lowest BCUT2D eigenvalue weighted by atomic mass is 9.91. The zero-order chi connectivity index (χ0) is 17.8. The van der Waals surface area contributed by atoms with Crippen molar-refractivity contribution in [2.45, 2.75) is 71.1 Å². The highest BCUT2D eigenvalue weighted by Crippen LogP contribution is 2.32. The third kappa shape index (κ3) is 8.23. The molecule has 1 saturated carbocycles. The molecule has 134 valence electrons. The molecule has 0 spiro atoms. The van der Waals surface area contributed by atoms with E-state index >= 15 is 0 Å². The van der Waals surface area contributed by atoms with Crippen LogP contribution in [0.4, 0.5) is 0 Å². The second-order valence-electron chi connectivity index (χ2n) is 6.55. The molecule has 2 unspecified atom stereocenters. The molecule has 1 fully saturated rings. The summed E-state index contributed by atoms with van der Waals surface area (Å²) in [6, 6.07) is 0. The summed E-state index contributed by atoms with van der Waals surface area (Å²) < 4.78 is 0. The number of ketones is 2. The lowest BCUT2D eigenvalue weighted by Gasteiger charge is -2.12.